The number of halogens is 1. The van der Waals surface area contributed by atoms with Gasteiger partial charge < -0.3 is 20.3 Å². The Hall–Kier alpha value is -1.02. The number of benzene rings is 1. The lowest BCUT2D eigenvalue weighted by molar-refractivity contribution is 0.296. The topological polar surface area (TPSA) is 48.9 Å². The molecule has 0 aliphatic heterocycles. The summed E-state index contributed by atoms with van der Waals surface area (Å²) in [6, 6.07) is 8.81. The van der Waals surface area contributed by atoms with E-state index in [1.807, 2.05) is 12.1 Å². The second-order valence-corrected chi connectivity index (χ2v) is 6.39. The van der Waals surface area contributed by atoms with Crippen LogP contribution in [0.1, 0.15) is 32.4 Å². The number of aliphatic imine (C=N–C) groups is 1. The minimum atomic E-state index is 0. The van der Waals surface area contributed by atoms with Crippen LogP contribution < -0.4 is 15.4 Å². The molecule has 1 aromatic carbocycles. The smallest absolute Gasteiger partial charge is 0.191 e. The molecule has 1 rings (SSSR count). The molecule has 1 aromatic rings. The molecule has 0 aliphatic carbocycles. The molecule has 0 amide bonds. The first-order valence-electron chi connectivity index (χ1n) is 8.16. The Labute approximate surface area is 164 Å². The average Bonchev–Trinajstić information content (AvgIpc) is 2.53. The standard InChI is InChI=1S/C18H32N4O.HI/c1-13(2)14(3)21-18(19-4)20-12-17(22(5)6)15-9-8-10-16(11-15)23-7;/h8-11,13-14,17H,12H2,1-7H3,(H2,19,20,21);1H. The molecule has 5 nitrogen and oxygen atoms in total. The lowest BCUT2D eigenvalue weighted by Crippen LogP contribution is -2.46. The number of hydrogen-bond acceptors (Lipinski definition) is 3. The van der Waals surface area contributed by atoms with Crippen LogP contribution in [0.25, 0.3) is 0 Å². The third-order valence-electron chi connectivity index (χ3n) is 4.15. The van der Waals surface area contributed by atoms with Crippen LogP contribution in [0.15, 0.2) is 29.3 Å². The van der Waals surface area contributed by atoms with Crippen molar-refractivity contribution in [1.82, 2.24) is 15.5 Å². The SMILES string of the molecule is CN=C(NCC(c1cccc(OC)c1)N(C)C)NC(C)C(C)C.I. The molecule has 0 radical (unpaired) electrons. The highest BCUT2D eigenvalue weighted by molar-refractivity contribution is 14.0. The summed E-state index contributed by atoms with van der Waals surface area (Å²) in [4.78, 5) is 6.52. The van der Waals surface area contributed by atoms with Crippen LogP contribution in [0.2, 0.25) is 0 Å². The fourth-order valence-electron chi connectivity index (χ4n) is 2.22. The predicted molar refractivity (Wildman–Crippen MR) is 114 cm³/mol. The molecule has 0 saturated carbocycles. The van der Waals surface area contributed by atoms with E-state index in [-0.39, 0.29) is 30.0 Å². The van der Waals surface area contributed by atoms with Gasteiger partial charge in [-0.1, -0.05) is 26.0 Å². The number of ether oxygens (including phenoxy) is 1. The number of guanidine groups is 1. The van der Waals surface area contributed by atoms with Crippen molar-refractivity contribution in [3.05, 3.63) is 29.8 Å². The van der Waals surface area contributed by atoms with Crippen molar-refractivity contribution >= 4 is 29.9 Å². The van der Waals surface area contributed by atoms with Crippen molar-refractivity contribution < 1.29 is 4.74 Å². The van der Waals surface area contributed by atoms with Crippen LogP contribution in [0, 0.1) is 5.92 Å². The summed E-state index contributed by atoms with van der Waals surface area (Å²) in [7, 11) is 7.66. The number of rotatable bonds is 7. The monoisotopic (exact) mass is 448 g/mol. The molecule has 0 heterocycles. The fraction of sp³-hybridized carbons (Fsp3) is 0.611. The zero-order chi connectivity index (χ0) is 17.4. The average molecular weight is 448 g/mol. The lowest BCUT2D eigenvalue weighted by Gasteiger charge is -2.27. The van der Waals surface area contributed by atoms with Gasteiger partial charge in [-0.2, -0.15) is 0 Å². The first-order chi connectivity index (χ1) is 10.9. The van der Waals surface area contributed by atoms with Gasteiger partial charge in [0.05, 0.1) is 13.2 Å². The highest BCUT2D eigenvalue weighted by atomic mass is 127. The van der Waals surface area contributed by atoms with E-state index in [1.54, 1.807) is 14.2 Å². The highest BCUT2D eigenvalue weighted by Crippen LogP contribution is 2.22. The van der Waals surface area contributed by atoms with E-state index in [4.69, 9.17) is 4.74 Å². The largest absolute Gasteiger partial charge is 0.497 e. The molecule has 0 aliphatic rings. The van der Waals surface area contributed by atoms with E-state index in [1.165, 1.54) is 5.56 Å². The Bertz CT molecular complexity index is 506. The number of likely N-dealkylation sites (N-methyl/N-ethyl adjacent to an activating group) is 1. The quantitative estimate of drug-likeness (QED) is 0.383. The van der Waals surface area contributed by atoms with Gasteiger partial charge in [0, 0.05) is 19.6 Å². The third kappa shape index (κ3) is 7.25. The Kier molecular flexibility index (Phi) is 11.0. The number of nitrogens with zero attached hydrogens (tertiary/aromatic N) is 2. The van der Waals surface area contributed by atoms with Gasteiger partial charge in [-0.15, -0.1) is 24.0 Å². The third-order valence-corrected chi connectivity index (χ3v) is 4.15. The molecular weight excluding hydrogens is 415 g/mol. The number of nitrogens with one attached hydrogen (secondary N) is 2. The predicted octanol–water partition coefficient (Wildman–Crippen LogP) is 3.13. The Morgan fingerprint density at radius 1 is 1.25 bits per heavy atom. The normalized spacial score (nSPS) is 14.1. The Morgan fingerprint density at radius 3 is 2.42 bits per heavy atom. The first-order valence-corrected chi connectivity index (χ1v) is 8.16. The summed E-state index contributed by atoms with van der Waals surface area (Å²) in [6.07, 6.45) is 0. The molecule has 2 atom stereocenters. The van der Waals surface area contributed by atoms with Gasteiger partial charge in [0.25, 0.3) is 0 Å². The molecule has 2 N–H and O–H groups in total. The van der Waals surface area contributed by atoms with Crippen molar-refractivity contribution in [2.75, 3.05) is 34.8 Å². The Morgan fingerprint density at radius 2 is 1.92 bits per heavy atom. The summed E-state index contributed by atoms with van der Waals surface area (Å²) in [5.41, 5.74) is 1.22. The van der Waals surface area contributed by atoms with Crippen LogP contribution >= 0.6 is 24.0 Å². The summed E-state index contributed by atoms with van der Waals surface area (Å²) in [5.74, 6) is 2.27. The maximum Gasteiger partial charge on any atom is 0.191 e. The fourth-order valence-corrected chi connectivity index (χ4v) is 2.22. The van der Waals surface area contributed by atoms with E-state index in [9.17, 15) is 0 Å². The molecule has 0 saturated heterocycles. The van der Waals surface area contributed by atoms with Gasteiger partial charge in [0.15, 0.2) is 5.96 Å². The van der Waals surface area contributed by atoms with Crippen LogP contribution in [0.4, 0.5) is 0 Å². The van der Waals surface area contributed by atoms with Crippen molar-refractivity contribution in [2.24, 2.45) is 10.9 Å². The van der Waals surface area contributed by atoms with Gasteiger partial charge >= 0.3 is 0 Å². The van der Waals surface area contributed by atoms with Gasteiger partial charge in [-0.3, -0.25) is 4.99 Å². The maximum atomic E-state index is 5.34. The van der Waals surface area contributed by atoms with E-state index in [2.05, 4.69) is 67.5 Å². The molecule has 24 heavy (non-hydrogen) atoms. The highest BCUT2D eigenvalue weighted by Gasteiger charge is 2.16. The molecule has 0 fully saturated rings. The van der Waals surface area contributed by atoms with Crippen molar-refractivity contribution in [1.29, 1.82) is 0 Å². The minimum Gasteiger partial charge on any atom is -0.497 e. The molecule has 6 heteroatoms. The zero-order valence-corrected chi connectivity index (χ0v) is 18.3. The number of methoxy groups -OCH3 is 1. The first kappa shape index (κ1) is 23.0. The molecule has 138 valence electrons. The van der Waals surface area contributed by atoms with E-state index < -0.39 is 0 Å². The van der Waals surface area contributed by atoms with Gasteiger partial charge in [0.2, 0.25) is 0 Å². The summed E-state index contributed by atoms with van der Waals surface area (Å²) < 4.78 is 5.34. The second-order valence-electron chi connectivity index (χ2n) is 6.39. The molecule has 0 aromatic heterocycles. The molecule has 0 bridgehead atoms. The van der Waals surface area contributed by atoms with Gasteiger partial charge in [0.1, 0.15) is 5.75 Å². The zero-order valence-electron chi connectivity index (χ0n) is 16.0. The summed E-state index contributed by atoms with van der Waals surface area (Å²) in [6.45, 7) is 7.33. The van der Waals surface area contributed by atoms with Crippen molar-refractivity contribution in [2.45, 2.75) is 32.9 Å². The van der Waals surface area contributed by atoms with E-state index in [0.29, 0.717) is 12.0 Å². The second kappa shape index (κ2) is 11.5. The van der Waals surface area contributed by atoms with E-state index >= 15 is 0 Å². The molecular formula is C18H33IN4O. The molecule has 0 spiro atoms. The Balaban J connectivity index is 0.00000529. The van der Waals surface area contributed by atoms with Crippen LogP contribution in [0.3, 0.4) is 0 Å². The lowest BCUT2D eigenvalue weighted by atomic mass is 10.1. The summed E-state index contributed by atoms with van der Waals surface area (Å²) >= 11 is 0. The maximum absolute atomic E-state index is 5.34. The number of hydrogen-bond donors (Lipinski definition) is 2. The van der Waals surface area contributed by atoms with E-state index in [0.717, 1.165) is 18.3 Å². The minimum absolute atomic E-state index is 0. The van der Waals surface area contributed by atoms with Gasteiger partial charge in [-0.05, 0) is 44.6 Å². The van der Waals surface area contributed by atoms with Crippen LogP contribution in [0.5, 0.6) is 5.75 Å². The van der Waals surface area contributed by atoms with Crippen LogP contribution in [-0.2, 0) is 0 Å². The summed E-state index contributed by atoms with van der Waals surface area (Å²) in [5, 5.41) is 6.86. The van der Waals surface area contributed by atoms with Crippen molar-refractivity contribution in [3.8, 4) is 5.75 Å². The van der Waals surface area contributed by atoms with Gasteiger partial charge in [-0.25, -0.2) is 0 Å². The van der Waals surface area contributed by atoms with Crippen LogP contribution in [-0.4, -0.2) is 51.7 Å². The van der Waals surface area contributed by atoms with Crippen molar-refractivity contribution in [3.63, 3.8) is 0 Å². The molecule has 2 unspecified atom stereocenters.